The van der Waals surface area contributed by atoms with Gasteiger partial charge in [-0.05, 0) is 55.4 Å². The molecule has 148 valence electrons. The van der Waals surface area contributed by atoms with E-state index < -0.39 is 0 Å². The number of hydrogen-bond acceptors (Lipinski definition) is 4. The van der Waals surface area contributed by atoms with E-state index >= 15 is 0 Å². The molecule has 5 nitrogen and oxygen atoms in total. The van der Waals surface area contributed by atoms with Crippen molar-refractivity contribution in [2.45, 2.75) is 31.4 Å². The molecule has 0 radical (unpaired) electrons. The monoisotopic (exact) mass is 387 g/mol. The van der Waals surface area contributed by atoms with Gasteiger partial charge in [0.15, 0.2) is 0 Å². The molecule has 1 aromatic heterocycles. The van der Waals surface area contributed by atoms with Crippen LogP contribution in [0.25, 0.3) is 10.8 Å². The van der Waals surface area contributed by atoms with Crippen molar-refractivity contribution in [3.05, 3.63) is 72.6 Å². The Morgan fingerprint density at radius 2 is 1.90 bits per heavy atom. The maximum Gasteiger partial charge on any atom is 0.411 e. The van der Waals surface area contributed by atoms with Crippen LogP contribution >= 0.6 is 0 Å². The van der Waals surface area contributed by atoms with Crippen LogP contribution in [0.1, 0.15) is 18.4 Å². The van der Waals surface area contributed by atoms with Gasteiger partial charge in [-0.25, -0.2) is 4.79 Å². The van der Waals surface area contributed by atoms with Gasteiger partial charge >= 0.3 is 6.09 Å². The fraction of sp³-hybridized carbons (Fsp3) is 0.333. The van der Waals surface area contributed by atoms with Gasteiger partial charge in [0.2, 0.25) is 0 Å². The number of carbonyl (C=O) groups is 1. The summed E-state index contributed by atoms with van der Waals surface area (Å²) in [5.74, 6) is 0.430. The zero-order valence-corrected chi connectivity index (χ0v) is 16.3. The van der Waals surface area contributed by atoms with Crippen molar-refractivity contribution in [3.63, 3.8) is 0 Å². The molecule has 3 aliphatic heterocycles. The molecule has 3 aromatic rings. The summed E-state index contributed by atoms with van der Waals surface area (Å²) in [4.78, 5) is 19.6. The molecule has 1 amide bonds. The summed E-state index contributed by atoms with van der Waals surface area (Å²) in [7, 11) is 0. The van der Waals surface area contributed by atoms with Crippen LogP contribution < -0.4 is 5.32 Å². The third-order valence-corrected chi connectivity index (χ3v) is 6.32. The number of amides is 1. The number of fused-ring (bicyclic) bond motifs is 4. The van der Waals surface area contributed by atoms with E-state index in [1.807, 2.05) is 54.7 Å². The predicted molar refractivity (Wildman–Crippen MR) is 114 cm³/mol. The summed E-state index contributed by atoms with van der Waals surface area (Å²) in [5, 5.41) is 5.10. The molecule has 0 unspecified atom stereocenters. The molecule has 2 bridgehead atoms. The average Bonchev–Trinajstić information content (AvgIpc) is 2.77. The molecule has 0 spiro atoms. The first kappa shape index (κ1) is 18.1. The smallest absolute Gasteiger partial charge is 0.411 e. The van der Waals surface area contributed by atoms with Crippen LogP contribution in [0.5, 0.6) is 0 Å². The Bertz CT molecular complexity index is 994. The number of nitrogens with zero attached hydrogens (tertiary/aromatic N) is 2. The van der Waals surface area contributed by atoms with E-state index in [0.717, 1.165) is 48.8 Å². The summed E-state index contributed by atoms with van der Waals surface area (Å²) in [6.07, 6.45) is 6.30. The van der Waals surface area contributed by atoms with Gasteiger partial charge in [-0.3, -0.25) is 15.2 Å². The van der Waals surface area contributed by atoms with Crippen LogP contribution in [0.4, 0.5) is 10.5 Å². The minimum atomic E-state index is -0.365. The largest absolute Gasteiger partial charge is 0.444 e. The maximum absolute atomic E-state index is 12.8. The molecular formula is C24H25N3O2. The van der Waals surface area contributed by atoms with Crippen LogP contribution in [-0.2, 0) is 11.2 Å². The minimum absolute atomic E-state index is 0.0901. The second-order valence-corrected chi connectivity index (χ2v) is 8.03. The van der Waals surface area contributed by atoms with Crippen LogP contribution in [-0.4, -0.2) is 41.2 Å². The lowest BCUT2D eigenvalue weighted by Gasteiger charge is -2.50. The lowest BCUT2D eigenvalue weighted by molar-refractivity contribution is -0.0741. The van der Waals surface area contributed by atoms with Crippen LogP contribution in [0.3, 0.4) is 0 Å². The molecule has 0 aliphatic carbocycles. The molecule has 0 saturated carbocycles. The molecular weight excluding hydrogens is 362 g/mol. The SMILES string of the molecule is O=C(Nc1cccc2ccccc12)O[C@H]1C2CCN(CC2)[C@@H]1Cc1cccnc1. The Kier molecular flexibility index (Phi) is 4.90. The number of aromatic nitrogens is 1. The van der Waals surface area contributed by atoms with Gasteiger partial charge in [-0.15, -0.1) is 0 Å². The van der Waals surface area contributed by atoms with Gasteiger partial charge in [0.1, 0.15) is 6.10 Å². The van der Waals surface area contributed by atoms with Crippen molar-refractivity contribution in [2.75, 3.05) is 18.4 Å². The number of carbonyl (C=O) groups excluding carboxylic acids is 1. The minimum Gasteiger partial charge on any atom is -0.444 e. The normalized spacial score (nSPS) is 25.7. The number of nitrogens with one attached hydrogen (secondary N) is 1. The Morgan fingerprint density at radius 1 is 1.07 bits per heavy atom. The Balaban J connectivity index is 1.34. The highest BCUT2D eigenvalue weighted by Gasteiger charge is 2.44. The molecule has 1 N–H and O–H groups in total. The van der Waals surface area contributed by atoms with E-state index in [-0.39, 0.29) is 18.2 Å². The third kappa shape index (κ3) is 3.70. The van der Waals surface area contributed by atoms with E-state index in [1.54, 1.807) is 6.20 Å². The van der Waals surface area contributed by atoms with E-state index in [4.69, 9.17) is 4.74 Å². The van der Waals surface area contributed by atoms with Gasteiger partial charge in [0.25, 0.3) is 0 Å². The zero-order valence-electron chi connectivity index (χ0n) is 16.3. The lowest BCUT2D eigenvalue weighted by Crippen LogP contribution is -2.60. The highest BCUT2D eigenvalue weighted by molar-refractivity contribution is 6.00. The topological polar surface area (TPSA) is 54.5 Å². The number of ether oxygens (including phenoxy) is 1. The highest BCUT2D eigenvalue weighted by Crippen LogP contribution is 2.36. The van der Waals surface area contributed by atoms with Crippen molar-refractivity contribution in [1.82, 2.24) is 9.88 Å². The molecule has 3 saturated heterocycles. The van der Waals surface area contributed by atoms with E-state index in [1.165, 1.54) is 5.56 Å². The van der Waals surface area contributed by atoms with E-state index in [9.17, 15) is 4.79 Å². The standard InChI is InChI=1S/C24H25N3O2/c28-24(26-21-9-3-7-18-6-1-2-8-20(18)21)29-23-19-10-13-27(14-11-19)22(23)15-17-5-4-12-25-16-17/h1-9,12,16,19,22-23H,10-11,13-15H2,(H,26,28)/t22-,23+/m1/s1. The van der Waals surface area contributed by atoms with Gasteiger partial charge in [0, 0.05) is 23.7 Å². The van der Waals surface area contributed by atoms with Gasteiger partial charge in [-0.1, -0.05) is 42.5 Å². The second-order valence-electron chi connectivity index (χ2n) is 8.03. The average molecular weight is 387 g/mol. The summed E-state index contributed by atoms with van der Waals surface area (Å²) < 4.78 is 6.05. The number of anilines is 1. The molecule has 4 heterocycles. The van der Waals surface area contributed by atoms with Gasteiger partial charge in [-0.2, -0.15) is 0 Å². The predicted octanol–water partition coefficient (Wildman–Crippen LogP) is 4.49. The molecule has 3 fully saturated rings. The molecule has 3 aliphatic rings. The van der Waals surface area contributed by atoms with Crippen molar-refractivity contribution in [2.24, 2.45) is 5.92 Å². The number of piperidine rings is 3. The summed E-state index contributed by atoms with van der Waals surface area (Å²) in [6.45, 7) is 2.17. The summed E-state index contributed by atoms with van der Waals surface area (Å²) in [5.41, 5.74) is 1.98. The van der Waals surface area contributed by atoms with Crippen LogP contribution in [0.2, 0.25) is 0 Å². The Morgan fingerprint density at radius 3 is 2.72 bits per heavy atom. The van der Waals surface area contributed by atoms with Crippen molar-refractivity contribution >= 4 is 22.6 Å². The molecule has 2 aromatic carbocycles. The summed E-state index contributed by atoms with van der Waals surface area (Å²) >= 11 is 0. The van der Waals surface area contributed by atoms with Crippen molar-refractivity contribution < 1.29 is 9.53 Å². The van der Waals surface area contributed by atoms with Crippen LogP contribution in [0.15, 0.2) is 67.0 Å². The molecule has 5 heteroatoms. The quantitative estimate of drug-likeness (QED) is 0.717. The number of hydrogen-bond donors (Lipinski definition) is 1. The first-order chi connectivity index (χ1) is 14.3. The summed E-state index contributed by atoms with van der Waals surface area (Å²) in [6, 6.07) is 18.3. The molecule has 29 heavy (non-hydrogen) atoms. The number of pyridine rings is 1. The number of rotatable bonds is 4. The highest BCUT2D eigenvalue weighted by atomic mass is 16.6. The van der Waals surface area contributed by atoms with E-state index in [0.29, 0.717) is 5.92 Å². The Hall–Kier alpha value is -2.92. The Labute approximate surface area is 170 Å². The maximum atomic E-state index is 12.8. The van der Waals surface area contributed by atoms with Crippen LogP contribution in [0, 0.1) is 5.92 Å². The third-order valence-electron chi connectivity index (χ3n) is 6.32. The molecule has 2 atom stereocenters. The second kappa shape index (κ2) is 7.84. The van der Waals surface area contributed by atoms with Gasteiger partial charge in [0.05, 0.1) is 11.7 Å². The van der Waals surface area contributed by atoms with E-state index in [2.05, 4.69) is 21.3 Å². The van der Waals surface area contributed by atoms with Gasteiger partial charge < -0.3 is 4.74 Å². The first-order valence-electron chi connectivity index (χ1n) is 10.4. The first-order valence-corrected chi connectivity index (χ1v) is 10.4. The fourth-order valence-electron chi connectivity index (χ4n) is 4.88. The lowest BCUT2D eigenvalue weighted by atomic mass is 9.78. The van der Waals surface area contributed by atoms with Crippen molar-refractivity contribution in [1.29, 1.82) is 0 Å². The number of benzene rings is 2. The molecule has 6 rings (SSSR count). The zero-order chi connectivity index (χ0) is 19.6. The van der Waals surface area contributed by atoms with Crippen molar-refractivity contribution in [3.8, 4) is 0 Å². The fourth-order valence-corrected chi connectivity index (χ4v) is 4.88.